The average Bonchev–Trinajstić information content (AvgIpc) is 3.24. The van der Waals surface area contributed by atoms with Crippen molar-refractivity contribution in [2.75, 3.05) is 6.61 Å². The van der Waals surface area contributed by atoms with E-state index in [0.29, 0.717) is 24.8 Å². The Hall–Kier alpha value is -3.66. The highest BCUT2D eigenvalue weighted by Crippen LogP contribution is 2.66. The number of carbonyl (C=O) groups excluding carboxylic acids is 5. The Bertz CT molecular complexity index is 1390. The summed E-state index contributed by atoms with van der Waals surface area (Å²) in [6, 6.07) is 6.88. The lowest BCUT2D eigenvalue weighted by Gasteiger charge is -2.57. The van der Waals surface area contributed by atoms with E-state index in [2.05, 4.69) is 12.2 Å². The van der Waals surface area contributed by atoms with Crippen LogP contribution in [-0.2, 0) is 33.5 Å². The molecule has 4 aliphatic rings. The summed E-state index contributed by atoms with van der Waals surface area (Å²) in [5.41, 5.74) is -1.79. The summed E-state index contributed by atoms with van der Waals surface area (Å²) >= 11 is 0. The lowest BCUT2D eigenvalue weighted by Crippen LogP contribution is -2.61. The molecule has 43 heavy (non-hydrogen) atoms. The highest BCUT2D eigenvalue weighted by molar-refractivity contribution is 5.95. The fraction of sp³-hybridized carbons (Fsp3) is 0.576. The zero-order valence-corrected chi connectivity index (χ0v) is 24.6. The van der Waals surface area contributed by atoms with Gasteiger partial charge in [0.2, 0.25) is 11.7 Å². The van der Waals surface area contributed by atoms with Gasteiger partial charge in [-0.3, -0.25) is 24.0 Å². The van der Waals surface area contributed by atoms with E-state index in [1.165, 1.54) is 0 Å². The zero-order valence-electron chi connectivity index (χ0n) is 24.6. The first-order chi connectivity index (χ1) is 20.3. The van der Waals surface area contributed by atoms with Crippen LogP contribution in [0.25, 0.3) is 0 Å². The molecule has 1 aromatic carbocycles. The Kier molecular flexibility index (Phi) is 8.19. The molecule has 10 heteroatoms. The molecule has 1 amide bonds. The minimum Gasteiger partial charge on any atom is -0.479 e. The molecule has 7 atom stereocenters. The SMILES string of the molecule is C[C@]12CCC(=O)C=C1CC[C@@H]1[C@@H]2C(=O)C[C@@]2(C)[C@H]1CC[C@]2(O)C(=O)COC(=O)CCC(=O)N[C@@H](C(=O)O)c1ccccc1. The molecule has 0 heterocycles. The molecule has 0 radical (unpaired) electrons. The van der Waals surface area contributed by atoms with E-state index < -0.39 is 47.3 Å². The Labute approximate surface area is 250 Å². The fourth-order valence-corrected chi connectivity index (χ4v) is 8.57. The van der Waals surface area contributed by atoms with Gasteiger partial charge in [-0.1, -0.05) is 49.8 Å². The van der Waals surface area contributed by atoms with E-state index in [1.54, 1.807) is 43.3 Å². The largest absolute Gasteiger partial charge is 0.479 e. The molecule has 230 valence electrons. The van der Waals surface area contributed by atoms with Crippen molar-refractivity contribution in [3.63, 3.8) is 0 Å². The molecular weight excluding hydrogens is 554 g/mol. The first-order valence-electron chi connectivity index (χ1n) is 15.0. The third-order valence-electron chi connectivity index (χ3n) is 10.9. The van der Waals surface area contributed by atoms with Crippen molar-refractivity contribution in [1.82, 2.24) is 5.32 Å². The molecule has 0 unspecified atom stereocenters. The Morgan fingerprint density at radius 1 is 1.02 bits per heavy atom. The number of Topliss-reactive ketones (excluding diaryl/α,β-unsaturated/α-hetero) is 2. The number of carbonyl (C=O) groups is 6. The molecule has 0 saturated heterocycles. The van der Waals surface area contributed by atoms with E-state index in [-0.39, 0.29) is 60.4 Å². The van der Waals surface area contributed by atoms with Gasteiger partial charge in [0.15, 0.2) is 18.4 Å². The van der Waals surface area contributed by atoms with E-state index >= 15 is 0 Å². The van der Waals surface area contributed by atoms with Crippen LogP contribution in [-0.4, -0.2) is 57.6 Å². The van der Waals surface area contributed by atoms with Crippen LogP contribution in [0.15, 0.2) is 42.0 Å². The monoisotopic (exact) mass is 593 g/mol. The normalized spacial score (nSPS) is 33.7. The second-order valence-corrected chi connectivity index (χ2v) is 13.1. The topological polar surface area (TPSA) is 164 Å². The van der Waals surface area contributed by atoms with Gasteiger partial charge in [-0.15, -0.1) is 0 Å². The third kappa shape index (κ3) is 5.34. The number of hydrogen-bond donors (Lipinski definition) is 3. The van der Waals surface area contributed by atoms with Gasteiger partial charge in [-0.25, -0.2) is 4.79 Å². The number of carboxylic acid groups (broad SMARTS) is 1. The molecular formula is C33H39NO9. The van der Waals surface area contributed by atoms with Gasteiger partial charge < -0.3 is 20.3 Å². The number of ether oxygens (including phenoxy) is 1. The lowest BCUT2D eigenvalue weighted by molar-refractivity contribution is -0.173. The first kappa shape index (κ1) is 30.8. The Morgan fingerprint density at radius 2 is 1.74 bits per heavy atom. The van der Waals surface area contributed by atoms with Crippen LogP contribution < -0.4 is 5.32 Å². The van der Waals surface area contributed by atoms with Crippen LogP contribution in [0.2, 0.25) is 0 Å². The number of fused-ring (bicyclic) bond motifs is 5. The van der Waals surface area contributed by atoms with Gasteiger partial charge in [0.25, 0.3) is 0 Å². The minimum atomic E-state index is -1.83. The number of allylic oxidation sites excluding steroid dienone is 1. The highest BCUT2D eigenvalue weighted by atomic mass is 16.5. The molecule has 3 N–H and O–H groups in total. The molecule has 5 rings (SSSR count). The van der Waals surface area contributed by atoms with Crippen LogP contribution in [0.4, 0.5) is 0 Å². The minimum absolute atomic E-state index is 0.00463. The van der Waals surface area contributed by atoms with Crippen molar-refractivity contribution < 1.29 is 43.7 Å². The van der Waals surface area contributed by atoms with E-state index in [1.807, 2.05) is 0 Å². The molecule has 0 aliphatic heterocycles. The number of aliphatic hydroxyl groups is 1. The number of aliphatic carboxylic acids is 1. The number of benzene rings is 1. The van der Waals surface area contributed by atoms with Crippen molar-refractivity contribution in [2.45, 2.75) is 83.3 Å². The third-order valence-corrected chi connectivity index (χ3v) is 10.9. The van der Waals surface area contributed by atoms with Gasteiger partial charge in [-0.2, -0.15) is 0 Å². The predicted molar refractivity (Wildman–Crippen MR) is 152 cm³/mol. The maximum absolute atomic E-state index is 13.8. The quantitative estimate of drug-likeness (QED) is 0.365. The Balaban J connectivity index is 1.19. The lowest BCUT2D eigenvalue weighted by atomic mass is 9.46. The molecule has 10 nitrogen and oxygen atoms in total. The van der Waals surface area contributed by atoms with Gasteiger partial charge in [0.05, 0.1) is 6.42 Å². The van der Waals surface area contributed by atoms with Gasteiger partial charge >= 0.3 is 11.9 Å². The standard InChI is InChI=1S/C33H39NO9/c1-31-14-12-21(35)16-20(31)8-9-22-23-13-15-33(42,32(23,2)17-24(36)28(22)31)25(37)18-43-27(39)11-10-26(38)34-29(30(40)41)19-6-4-3-5-7-19/h3-7,16,22-23,28-29,42H,8-15,17-18H2,1-2H3,(H,34,38)(H,40,41)/t22-,23-,28+,29+,31-,32-,33-/m0/s1. The van der Waals surface area contributed by atoms with Gasteiger partial charge in [-0.05, 0) is 61.0 Å². The molecule has 1 aromatic rings. The highest BCUT2D eigenvalue weighted by Gasteiger charge is 2.68. The maximum Gasteiger partial charge on any atom is 0.330 e. The van der Waals surface area contributed by atoms with Crippen molar-refractivity contribution in [2.24, 2.45) is 28.6 Å². The number of amides is 1. The number of nitrogens with one attached hydrogen (secondary N) is 1. The van der Waals surface area contributed by atoms with Crippen molar-refractivity contribution in [3.05, 3.63) is 47.5 Å². The summed E-state index contributed by atoms with van der Waals surface area (Å²) in [7, 11) is 0. The van der Waals surface area contributed by atoms with Crippen molar-refractivity contribution >= 4 is 35.2 Å². The van der Waals surface area contributed by atoms with E-state index in [4.69, 9.17) is 4.74 Å². The van der Waals surface area contributed by atoms with Crippen molar-refractivity contribution in [1.29, 1.82) is 0 Å². The summed E-state index contributed by atoms with van der Waals surface area (Å²) < 4.78 is 5.15. The van der Waals surface area contributed by atoms with Crippen LogP contribution >= 0.6 is 0 Å². The molecule has 0 aromatic heterocycles. The second kappa shape index (κ2) is 11.4. The smallest absolute Gasteiger partial charge is 0.330 e. The molecule has 0 bridgehead atoms. The molecule has 4 aliphatic carbocycles. The van der Waals surface area contributed by atoms with Crippen molar-refractivity contribution in [3.8, 4) is 0 Å². The number of hydrogen-bond acceptors (Lipinski definition) is 8. The van der Waals surface area contributed by atoms with Crippen LogP contribution in [0.1, 0.15) is 83.2 Å². The zero-order chi connectivity index (χ0) is 31.2. The Morgan fingerprint density at radius 3 is 2.44 bits per heavy atom. The molecule has 3 saturated carbocycles. The van der Waals surface area contributed by atoms with Gasteiger partial charge in [0.1, 0.15) is 11.4 Å². The molecule has 0 spiro atoms. The van der Waals surface area contributed by atoms with E-state index in [0.717, 1.165) is 18.4 Å². The number of rotatable bonds is 9. The van der Waals surface area contributed by atoms with E-state index in [9.17, 15) is 39.0 Å². The number of carboxylic acids is 1. The maximum atomic E-state index is 13.8. The summed E-state index contributed by atoms with van der Waals surface area (Å²) in [4.78, 5) is 75.7. The predicted octanol–water partition coefficient (Wildman–Crippen LogP) is 3.26. The molecule has 3 fully saturated rings. The summed E-state index contributed by atoms with van der Waals surface area (Å²) in [5.74, 6) is -3.61. The summed E-state index contributed by atoms with van der Waals surface area (Å²) in [5, 5.41) is 23.6. The summed E-state index contributed by atoms with van der Waals surface area (Å²) in [6.07, 6.45) is 4.27. The fourth-order valence-electron chi connectivity index (χ4n) is 8.57. The number of esters is 1. The number of ketones is 3. The van der Waals surface area contributed by atoms with Crippen LogP contribution in [0.5, 0.6) is 0 Å². The second-order valence-electron chi connectivity index (χ2n) is 13.1. The van der Waals surface area contributed by atoms with Crippen LogP contribution in [0, 0.1) is 28.6 Å². The summed E-state index contributed by atoms with van der Waals surface area (Å²) in [6.45, 7) is 3.20. The van der Waals surface area contributed by atoms with Crippen LogP contribution in [0.3, 0.4) is 0 Å². The van der Waals surface area contributed by atoms with Gasteiger partial charge in [0, 0.05) is 30.6 Å². The first-order valence-corrected chi connectivity index (χ1v) is 15.0. The average molecular weight is 594 g/mol.